The maximum Gasteiger partial charge on any atom is 0.283 e. The Morgan fingerprint density at radius 3 is 2.57 bits per heavy atom. The molecule has 5 nitrogen and oxygen atoms in total. The molecule has 0 atom stereocenters. The quantitative estimate of drug-likeness (QED) is 0.494. The molecule has 6 heteroatoms. The van der Waals surface area contributed by atoms with Crippen LogP contribution in [0.15, 0.2) is 22.7 Å². The van der Waals surface area contributed by atoms with Gasteiger partial charge in [0.05, 0.1) is 16.0 Å². The molecule has 0 heterocycles. The van der Waals surface area contributed by atoms with Crippen molar-refractivity contribution in [1.82, 2.24) is 4.90 Å². The Kier molecular flexibility index (Phi) is 7.85. The van der Waals surface area contributed by atoms with Crippen molar-refractivity contribution in [2.75, 3.05) is 20.3 Å². The lowest BCUT2D eigenvalue weighted by molar-refractivity contribution is -0.385. The van der Waals surface area contributed by atoms with E-state index < -0.39 is 0 Å². The molecule has 0 aliphatic rings. The van der Waals surface area contributed by atoms with E-state index in [1.807, 2.05) is 6.07 Å². The summed E-state index contributed by atoms with van der Waals surface area (Å²) in [5, 5.41) is 11.0. The molecule has 118 valence electrons. The summed E-state index contributed by atoms with van der Waals surface area (Å²) in [5.41, 5.74) is 1.07. The van der Waals surface area contributed by atoms with Crippen LogP contribution in [0.3, 0.4) is 0 Å². The van der Waals surface area contributed by atoms with Crippen LogP contribution in [0.2, 0.25) is 0 Å². The van der Waals surface area contributed by atoms with E-state index in [1.165, 1.54) is 0 Å². The summed E-state index contributed by atoms with van der Waals surface area (Å²) in [6.45, 7) is 6.52. The number of hydrogen-bond donors (Lipinski definition) is 0. The van der Waals surface area contributed by atoms with Crippen LogP contribution in [0.5, 0.6) is 0 Å². The molecular formula is C15H23BrN2O3. The number of nitro benzene ring substituents is 1. The van der Waals surface area contributed by atoms with E-state index in [9.17, 15) is 10.1 Å². The third-order valence-corrected chi connectivity index (χ3v) is 4.30. The first-order valence-corrected chi connectivity index (χ1v) is 7.98. The van der Waals surface area contributed by atoms with Gasteiger partial charge < -0.3 is 4.74 Å². The van der Waals surface area contributed by atoms with Gasteiger partial charge in [-0.05, 0) is 40.4 Å². The molecule has 0 aromatic heterocycles. The number of benzene rings is 1. The van der Waals surface area contributed by atoms with Crippen molar-refractivity contribution < 1.29 is 9.66 Å². The van der Waals surface area contributed by atoms with E-state index in [0.29, 0.717) is 23.7 Å². The monoisotopic (exact) mass is 358 g/mol. The van der Waals surface area contributed by atoms with Gasteiger partial charge in [-0.3, -0.25) is 15.0 Å². The lowest BCUT2D eigenvalue weighted by Crippen LogP contribution is -2.36. The fourth-order valence-electron chi connectivity index (χ4n) is 2.44. The summed E-state index contributed by atoms with van der Waals surface area (Å²) in [6, 6.07) is 5.78. The summed E-state index contributed by atoms with van der Waals surface area (Å²) in [5.74, 6) is 0. The number of nitrogens with zero attached hydrogens (tertiary/aromatic N) is 2. The van der Waals surface area contributed by atoms with Gasteiger partial charge in [0.15, 0.2) is 0 Å². The third-order valence-electron chi connectivity index (χ3n) is 3.63. The van der Waals surface area contributed by atoms with Crippen LogP contribution in [-0.4, -0.2) is 36.1 Å². The highest BCUT2D eigenvalue weighted by molar-refractivity contribution is 9.10. The summed E-state index contributed by atoms with van der Waals surface area (Å²) in [6.07, 6.45) is 2.11. The van der Waals surface area contributed by atoms with Gasteiger partial charge in [-0.1, -0.05) is 19.9 Å². The maximum atomic E-state index is 11.0. The van der Waals surface area contributed by atoms with Gasteiger partial charge in [0.25, 0.3) is 5.69 Å². The number of ether oxygens (including phenoxy) is 1. The number of rotatable bonds is 9. The molecule has 0 amide bonds. The second kappa shape index (κ2) is 9.12. The van der Waals surface area contributed by atoms with Crippen LogP contribution < -0.4 is 0 Å². The molecule has 1 aromatic carbocycles. The van der Waals surface area contributed by atoms with Crippen LogP contribution >= 0.6 is 15.9 Å². The first kappa shape index (κ1) is 18.1. The van der Waals surface area contributed by atoms with Gasteiger partial charge in [-0.2, -0.15) is 0 Å². The van der Waals surface area contributed by atoms with Crippen molar-refractivity contribution in [1.29, 1.82) is 0 Å². The Morgan fingerprint density at radius 2 is 2.05 bits per heavy atom. The highest BCUT2D eigenvalue weighted by Gasteiger charge is 2.18. The second-order valence-corrected chi connectivity index (χ2v) is 5.83. The molecule has 21 heavy (non-hydrogen) atoms. The Labute approximate surface area is 134 Å². The molecule has 0 bridgehead atoms. The summed E-state index contributed by atoms with van der Waals surface area (Å²) in [7, 11) is 1.69. The van der Waals surface area contributed by atoms with Crippen LogP contribution in [0, 0.1) is 10.1 Å². The van der Waals surface area contributed by atoms with Gasteiger partial charge in [0, 0.05) is 32.3 Å². The Hall–Kier alpha value is -0.980. The first-order valence-electron chi connectivity index (χ1n) is 7.19. The molecule has 1 aromatic rings. The van der Waals surface area contributed by atoms with Crippen molar-refractivity contribution in [2.24, 2.45) is 0 Å². The van der Waals surface area contributed by atoms with Crippen molar-refractivity contribution >= 4 is 21.6 Å². The molecule has 0 radical (unpaired) electrons. The number of methoxy groups -OCH3 is 1. The molecule has 0 saturated heterocycles. The van der Waals surface area contributed by atoms with Gasteiger partial charge in [0.1, 0.15) is 0 Å². The summed E-state index contributed by atoms with van der Waals surface area (Å²) >= 11 is 3.22. The average Bonchev–Trinajstić information content (AvgIpc) is 2.47. The van der Waals surface area contributed by atoms with Gasteiger partial charge >= 0.3 is 0 Å². The van der Waals surface area contributed by atoms with Crippen molar-refractivity contribution in [3.05, 3.63) is 38.3 Å². The first-order chi connectivity index (χ1) is 10.0. The molecule has 0 unspecified atom stereocenters. The van der Waals surface area contributed by atoms with E-state index in [4.69, 9.17) is 4.74 Å². The van der Waals surface area contributed by atoms with Crippen molar-refractivity contribution in [3.8, 4) is 0 Å². The highest BCUT2D eigenvalue weighted by Crippen LogP contribution is 2.26. The highest BCUT2D eigenvalue weighted by atomic mass is 79.9. The smallest absolute Gasteiger partial charge is 0.283 e. The van der Waals surface area contributed by atoms with Gasteiger partial charge in [-0.25, -0.2) is 0 Å². The molecule has 0 fully saturated rings. The van der Waals surface area contributed by atoms with Crippen molar-refractivity contribution in [2.45, 2.75) is 39.3 Å². The maximum absolute atomic E-state index is 11.0. The van der Waals surface area contributed by atoms with Crippen LogP contribution in [0.4, 0.5) is 5.69 Å². The number of nitro groups is 1. The van der Waals surface area contributed by atoms with Crippen LogP contribution in [0.1, 0.15) is 32.3 Å². The van der Waals surface area contributed by atoms with Crippen LogP contribution in [-0.2, 0) is 11.3 Å². The normalized spacial score (nSPS) is 11.3. The lowest BCUT2D eigenvalue weighted by atomic mass is 10.1. The fourth-order valence-corrected chi connectivity index (χ4v) is 2.83. The molecule has 0 N–H and O–H groups in total. The van der Waals surface area contributed by atoms with Gasteiger partial charge in [0.2, 0.25) is 0 Å². The minimum Gasteiger partial charge on any atom is -0.383 e. The minimum atomic E-state index is -0.357. The Bertz CT molecular complexity index is 464. The van der Waals surface area contributed by atoms with Gasteiger partial charge in [-0.15, -0.1) is 0 Å². The molecular weight excluding hydrogens is 336 g/mol. The standard InChI is InChI=1S/C15H23BrN2O3/c1-4-13(5-2)17(8-9-21-3)11-12-6-7-14(16)15(10-12)18(19)20/h6-7,10,13H,4-5,8-9,11H2,1-3H3. The minimum absolute atomic E-state index is 0.115. The molecule has 0 spiro atoms. The molecule has 0 saturated carbocycles. The third kappa shape index (κ3) is 5.37. The van der Waals surface area contributed by atoms with E-state index in [1.54, 1.807) is 19.2 Å². The average molecular weight is 359 g/mol. The molecule has 0 aliphatic heterocycles. The fraction of sp³-hybridized carbons (Fsp3) is 0.600. The van der Waals surface area contributed by atoms with Crippen molar-refractivity contribution in [3.63, 3.8) is 0 Å². The van der Waals surface area contributed by atoms with E-state index >= 15 is 0 Å². The topological polar surface area (TPSA) is 55.6 Å². The predicted octanol–water partition coefficient (Wildman–Crippen LogP) is 3.99. The Morgan fingerprint density at radius 1 is 1.38 bits per heavy atom. The van der Waals surface area contributed by atoms with E-state index in [2.05, 4.69) is 34.7 Å². The predicted molar refractivity (Wildman–Crippen MR) is 87.5 cm³/mol. The Balaban J connectivity index is 2.91. The molecule has 0 aliphatic carbocycles. The van der Waals surface area contributed by atoms with E-state index in [0.717, 1.165) is 24.9 Å². The van der Waals surface area contributed by atoms with E-state index in [-0.39, 0.29) is 10.6 Å². The summed E-state index contributed by atoms with van der Waals surface area (Å²) < 4.78 is 5.69. The lowest BCUT2D eigenvalue weighted by Gasteiger charge is -2.30. The zero-order chi connectivity index (χ0) is 15.8. The zero-order valence-electron chi connectivity index (χ0n) is 12.8. The van der Waals surface area contributed by atoms with Crippen LogP contribution in [0.25, 0.3) is 0 Å². The number of hydrogen-bond acceptors (Lipinski definition) is 4. The second-order valence-electron chi connectivity index (χ2n) is 4.98. The number of halogens is 1. The zero-order valence-corrected chi connectivity index (χ0v) is 14.4. The summed E-state index contributed by atoms with van der Waals surface area (Å²) in [4.78, 5) is 13.0. The SMILES string of the molecule is CCC(CC)N(CCOC)Cc1ccc(Br)c([N+](=O)[O-])c1. The largest absolute Gasteiger partial charge is 0.383 e. The molecule has 1 rings (SSSR count).